The fourth-order valence-corrected chi connectivity index (χ4v) is 4.89. The summed E-state index contributed by atoms with van der Waals surface area (Å²) < 4.78 is 12.0. The van der Waals surface area contributed by atoms with Crippen LogP contribution in [0.2, 0.25) is 0 Å². The van der Waals surface area contributed by atoms with Gasteiger partial charge in [0.1, 0.15) is 29.6 Å². The Balaban J connectivity index is 1.39. The summed E-state index contributed by atoms with van der Waals surface area (Å²) >= 11 is 0. The van der Waals surface area contributed by atoms with E-state index in [2.05, 4.69) is 17.0 Å². The van der Waals surface area contributed by atoms with Crippen LogP contribution in [0.15, 0.2) is 66.7 Å². The quantitative estimate of drug-likeness (QED) is 0.582. The van der Waals surface area contributed by atoms with E-state index in [0.29, 0.717) is 13.2 Å². The lowest BCUT2D eigenvalue weighted by Gasteiger charge is -2.34. The second kappa shape index (κ2) is 9.13. The first-order valence-corrected chi connectivity index (χ1v) is 11.4. The number of benzene rings is 3. The molecule has 2 atom stereocenters. The highest BCUT2D eigenvalue weighted by Crippen LogP contribution is 2.47. The van der Waals surface area contributed by atoms with Gasteiger partial charge in [-0.05, 0) is 67.4 Å². The summed E-state index contributed by atoms with van der Waals surface area (Å²) in [5.41, 5.74) is 3.33. The molecule has 0 unspecified atom stereocenters. The Bertz CT molecular complexity index is 1040. The van der Waals surface area contributed by atoms with E-state index in [9.17, 15) is 10.2 Å². The van der Waals surface area contributed by atoms with E-state index in [1.807, 2.05) is 30.3 Å². The number of rotatable bonds is 6. The van der Waals surface area contributed by atoms with Crippen LogP contribution in [0.4, 0.5) is 0 Å². The van der Waals surface area contributed by atoms with Crippen molar-refractivity contribution in [2.45, 2.75) is 24.7 Å². The van der Waals surface area contributed by atoms with Crippen LogP contribution in [-0.2, 0) is 0 Å². The first kappa shape index (κ1) is 20.7. The maximum atomic E-state index is 9.93. The third-order valence-corrected chi connectivity index (χ3v) is 6.59. The topological polar surface area (TPSA) is 62.2 Å². The maximum absolute atomic E-state index is 9.93. The average Bonchev–Trinajstić information content (AvgIpc) is 3.33. The van der Waals surface area contributed by atoms with Crippen molar-refractivity contribution in [2.24, 2.45) is 0 Å². The molecule has 0 radical (unpaired) electrons. The van der Waals surface area contributed by atoms with Gasteiger partial charge in [0.25, 0.3) is 0 Å². The molecule has 2 heterocycles. The van der Waals surface area contributed by atoms with Crippen molar-refractivity contribution in [3.8, 4) is 23.0 Å². The molecule has 0 bridgehead atoms. The van der Waals surface area contributed by atoms with Crippen molar-refractivity contribution in [3.63, 3.8) is 0 Å². The SMILES string of the molecule is Oc1ccc([C@@H]2COc3cc(O)ccc3[C@@H]2c2ccc(OCCN3CCCC3)cc2)cc1. The second-order valence-electron chi connectivity index (χ2n) is 8.68. The normalized spacial score (nSPS) is 20.5. The molecule has 1 saturated heterocycles. The van der Waals surface area contributed by atoms with E-state index in [1.54, 1.807) is 24.3 Å². The molecule has 5 rings (SSSR count). The Kier molecular flexibility index (Phi) is 5.91. The minimum absolute atomic E-state index is 0.0718. The van der Waals surface area contributed by atoms with E-state index in [0.717, 1.165) is 29.2 Å². The van der Waals surface area contributed by atoms with Crippen molar-refractivity contribution in [2.75, 3.05) is 32.8 Å². The Hall–Kier alpha value is -3.18. The van der Waals surface area contributed by atoms with Gasteiger partial charge in [-0.3, -0.25) is 4.90 Å². The number of fused-ring (bicyclic) bond motifs is 1. The lowest BCUT2D eigenvalue weighted by atomic mass is 9.76. The van der Waals surface area contributed by atoms with E-state index in [-0.39, 0.29) is 23.3 Å². The monoisotopic (exact) mass is 431 g/mol. The molecule has 0 saturated carbocycles. The van der Waals surface area contributed by atoms with Gasteiger partial charge in [-0.15, -0.1) is 0 Å². The predicted molar refractivity (Wildman–Crippen MR) is 124 cm³/mol. The zero-order chi connectivity index (χ0) is 21.9. The number of phenols is 2. The molecule has 0 aliphatic carbocycles. The summed E-state index contributed by atoms with van der Waals surface area (Å²) in [5.74, 6) is 2.22. The van der Waals surface area contributed by atoms with Gasteiger partial charge in [0, 0.05) is 30.0 Å². The van der Waals surface area contributed by atoms with Crippen molar-refractivity contribution in [1.82, 2.24) is 4.90 Å². The van der Waals surface area contributed by atoms with Crippen LogP contribution in [0.25, 0.3) is 0 Å². The number of likely N-dealkylation sites (tertiary alicyclic amines) is 1. The molecule has 0 spiro atoms. The third-order valence-electron chi connectivity index (χ3n) is 6.59. The first-order valence-electron chi connectivity index (χ1n) is 11.4. The lowest BCUT2D eigenvalue weighted by Crippen LogP contribution is -2.25. The fraction of sp³-hybridized carbons (Fsp3) is 0.333. The Morgan fingerprint density at radius 1 is 0.844 bits per heavy atom. The highest BCUT2D eigenvalue weighted by molar-refractivity contribution is 5.51. The fourth-order valence-electron chi connectivity index (χ4n) is 4.89. The minimum Gasteiger partial charge on any atom is -0.508 e. The zero-order valence-electron chi connectivity index (χ0n) is 18.1. The smallest absolute Gasteiger partial charge is 0.126 e. The molecule has 166 valence electrons. The van der Waals surface area contributed by atoms with Gasteiger partial charge in [-0.1, -0.05) is 30.3 Å². The zero-order valence-corrected chi connectivity index (χ0v) is 18.1. The van der Waals surface area contributed by atoms with Crippen LogP contribution in [-0.4, -0.2) is 48.0 Å². The molecule has 2 aliphatic heterocycles. The van der Waals surface area contributed by atoms with E-state index >= 15 is 0 Å². The van der Waals surface area contributed by atoms with Gasteiger partial charge >= 0.3 is 0 Å². The number of hydrogen-bond donors (Lipinski definition) is 2. The molecule has 1 fully saturated rings. The highest BCUT2D eigenvalue weighted by atomic mass is 16.5. The molecule has 0 amide bonds. The number of phenolic OH excluding ortho intramolecular Hbond substituents is 2. The van der Waals surface area contributed by atoms with Crippen LogP contribution in [0.3, 0.4) is 0 Å². The van der Waals surface area contributed by atoms with Gasteiger partial charge in [0.2, 0.25) is 0 Å². The van der Waals surface area contributed by atoms with Crippen molar-refractivity contribution in [3.05, 3.63) is 83.4 Å². The highest BCUT2D eigenvalue weighted by Gasteiger charge is 2.33. The van der Waals surface area contributed by atoms with Gasteiger partial charge in [-0.2, -0.15) is 0 Å². The Morgan fingerprint density at radius 2 is 1.53 bits per heavy atom. The number of hydrogen-bond acceptors (Lipinski definition) is 5. The summed E-state index contributed by atoms with van der Waals surface area (Å²) in [4.78, 5) is 2.45. The molecule has 3 aromatic rings. The largest absolute Gasteiger partial charge is 0.508 e. The molecule has 0 aromatic heterocycles. The second-order valence-corrected chi connectivity index (χ2v) is 8.68. The van der Waals surface area contributed by atoms with E-state index < -0.39 is 0 Å². The number of aromatic hydroxyl groups is 2. The number of nitrogens with zero attached hydrogens (tertiary/aromatic N) is 1. The minimum atomic E-state index is 0.0718. The summed E-state index contributed by atoms with van der Waals surface area (Å²) in [5, 5.41) is 19.6. The van der Waals surface area contributed by atoms with Crippen LogP contribution < -0.4 is 9.47 Å². The maximum Gasteiger partial charge on any atom is 0.126 e. The van der Waals surface area contributed by atoms with Crippen LogP contribution in [0.1, 0.15) is 41.4 Å². The van der Waals surface area contributed by atoms with Gasteiger partial charge in [0.15, 0.2) is 0 Å². The molecule has 3 aromatic carbocycles. The van der Waals surface area contributed by atoms with Gasteiger partial charge in [-0.25, -0.2) is 0 Å². The molecule has 5 heteroatoms. The summed E-state index contributed by atoms with van der Waals surface area (Å²) in [6.45, 7) is 4.54. The molecular weight excluding hydrogens is 402 g/mol. The van der Waals surface area contributed by atoms with Crippen molar-refractivity contribution in [1.29, 1.82) is 0 Å². The standard InChI is InChI=1S/C27H29NO4/c29-21-7-3-19(4-8-21)25-18-32-26-17-22(30)9-12-24(26)27(25)20-5-10-23(11-6-20)31-16-15-28-13-1-2-14-28/h3-12,17,25,27,29-30H,1-2,13-16,18H2/t25-,27-/m0/s1. The van der Waals surface area contributed by atoms with Crippen molar-refractivity contribution >= 4 is 0 Å². The molecule has 2 aliphatic rings. The third kappa shape index (κ3) is 4.39. The summed E-state index contributed by atoms with van der Waals surface area (Å²) in [7, 11) is 0. The van der Waals surface area contributed by atoms with Crippen molar-refractivity contribution < 1.29 is 19.7 Å². The Labute approximate surface area is 188 Å². The summed E-state index contributed by atoms with van der Waals surface area (Å²) in [6, 6.07) is 21.0. The predicted octanol–water partition coefficient (Wildman–Crippen LogP) is 4.88. The van der Waals surface area contributed by atoms with Crippen LogP contribution in [0, 0.1) is 0 Å². The molecule has 2 N–H and O–H groups in total. The Morgan fingerprint density at radius 3 is 2.28 bits per heavy atom. The molecule has 5 nitrogen and oxygen atoms in total. The van der Waals surface area contributed by atoms with Gasteiger partial charge in [0.05, 0.1) is 6.61 Å². The lowest BCUT2D eigenvalue weighted by molar-refractivity contribution is 0.237. The molecule has 32 heavy (non-hydrogen) atoms. The van der Waals surface area contributed by atoms with Crippen LogP contribution >= 0.6 is 0 Å². The van der Waals surface area contributed by atoms with Gasteiger partial charge < -0.3 is 19.7 Å². The van der Waals surface area contributed by atoms with E-state index in [4.69, 9.17) is 9.47 Å². The summed E-state index contributed by atoms with van der Waals surface area (Å²) in [6.07, 6.45) is 2.59. The first-order chi connectivity index (χ1) is 15.7. The number of ether oxygens (including phenoxy) is 2. The average molecular weight is 432 g/mol. The van der Waals surface area contributed by atoms with Crippen LogP contribution in [0.5, 0.6) is 23.0 Å². The van der Waals surface area contributed by atoms with E-state index in [1.165, 1.54) is 31.5 Å². The molecular formula is C27H29NO4.